The van der Waals surface area contributed by atoms with Crippen molar-refractivity contribution in [3.8, 4) is 6.07 Å². The van der Waals surface area contributed by atoms with Crippen molar-refractivity contribution in [3.63, 3.8) is 0 Å². The van der Waals surface area contributed by atoms with Gasteiger partial charge in [-0.15, -0.1) is 0 Å². The number of likely N-dealkylation sites (tertiary alicyclic amines) is 1. The minimum absolute atomic E-state index is 0.00784. The number of carbonyl (C=O) groups excluding carboxylic acids is 1. The second-order valence-electron chi connectivity index (χ2n) is 7.59. The monoisotopic (exact) mass is 381 g/mol. The maximum atomic E-state index is 12.4. The first-order valence-electron chi connectivity index (χ1n) is 9.49. The normalized spacial score (nSPS) is 20.1. The fraction of sp³-hybridized carbons (Fsp3) is 0.500. The molecule has 0 aliphatic carbocycles. The Morgan fingerprint density at radius 3 is 2.89 bits per heavy atom. The molecule has 0 unspecified atom stereocenters. The Bertz CT molecular complexity index is 854. The quantitative estimate of drug-likeness (QED) is 0.775. The number of nitrogens with one attached hydrogen (secondary N) is 2. The summed E-state index contributed by atoms with van der Waals surface area (Å²) in [5.41, 5.74) is 1.71. The molecule has 2 N–H and O–H groups in total. The molecule has 1 fully saturated rings. The third-order valence-electron chi connectivity index (χ3n) is 4.98. The molecule has 8 nitrogen and oxygen atoms in total. The number of benzene rings is 1. The number of rotatable bonds is 6. The molecule has 2 heterocycles. The fourth-order valence-corrected chi connectivity index (χ4v) is 3.69. The summed E-state index contributed by atoms with van der Waals surface area (Å²) in [6.45, 7) is 4.45. The van der Waals surface area contributed by atoms with Gasteiger partial charge in [0.25, 0.3) is 0 Å². The maximum Gasteiger partial charge on any atom is 0.234 e. The Balaban J connectivity index is 1.75. The van der Waals surface area contributed by atoms with Gasteiger partial charge in [0.1, 0.15) is 5.82 Å². The molecule has 1 saturated heterocycles. The summed E-state index contributed by atoms with van der Waals surface area (Å²) in [7, 11) is 3.75. The molecule has 8 heteroatoms. The second-order valence-corrected chi connectivity index (χ2v) is 7.59. The Morgan fingerprint density at radius 2 is 2.21 bits per heavy atom. The van der Waals surface area contributed by atoms with Gasteiger partial charge in [-0.25, -0.2) is 4.98 Å². The zero-order valence-electron chi connectivity index (χ0n) is 16.6. The minimum atomic E-state index is -0.0781. The van der Waals surface area contributed by atoms with Gasteiger partial charge in [0, 0.05) is 19.0 Å². The largest absolute Gasteiger partial charge is 0.350 e. The van der Waals surface area contributed by atoms with E-state index in [1.54, 1.807) is 0 Å². The third kappa shape index (κ3) is 4.94. The van der Waals surface area contributed by atoms with Crippen molar-refractivity contribution in [3.05, 3.63) is 47.0 Å². The SMILES string of the molecule is Cc1nc([C@H]2CCN(Cc3ccccc3C#N)C[C@H]2NC(=O)CN(C)C)n[nH]1. The predicted molar refractivity (Wildman–Crippen MR) is 105 cm³/mol. The molecule has 2 aromatic rings. The molecule has 1 aromatic heterocycles. The van der Waals surface area contributed by atoms with Crippen LogP contribution >= 0.6 is 0 Å². The van der Waals surface area contributed by atoms with Crippen molar-refractivity contribution < 1.29 is 4.79 Å². The van der Waals surface area contributed by atoms with Crippen molar-refractivity contribution in [2.75, 3.05) is 33.7 Å². The molecule has 0 saturated carbocycles. The van der Waals surface area contributed by atoms with Crippen LogP contribution in [0.5, 0.6) is 0 Å². The highest BCUT2D eigenvalue weighted by Crippen LogP contribution is 2.27. The maximum absolute atomic E-state index is 12.4. The van der Waals surface area contributed by atoms with E-state index in [1.807, 2.05) is 50.2 Å². The summed E-state index contributed by atoms with van der Waals surface area (Å²) >= 11 is 0. The first-order chi connectivity index (χ1) is 13.5. The Labute approximate surface area is 165 Å². The number of nitriles is 1. The lowest BCUT2D eigenvalue weighted by molar-refractivity contribution is -0.123. The summed E-state index contributed by atoms with van der Waals surface area (Å²) in [4.78, 5) is 21.0. The van der Waals surface area contributed by atoms with E-state index in [9.17, 15) is 10.1 Å². The average Bonchev–Trinajstić information content (AvgIpc) is 3.08. The smallest absolute Gasteiger partial charge is 0.234 e. The standard InChI is InChI=1S/C20H27N7O/c1-14-22-20(25-24-14)17-8-9-27(11-16-7-5-4-6-15(16)10-21)12-18(17)23-19(28)13-26(2)3/h4-7,17-18H,8-9,11-13H2,1-3H3,(H,23,28)(H,22,24,25)/t17-,18+/m0/s1. The highest BCUT2D eigenvalue weighted by atomic mass is 16.2. The molecular formula is C20H27N7O. The van der Waals surface area contributed by atoms with Gasteiger partial charge in [0.05, 0.1) is 24.2 Å². The number of aromatic nitrogens is 3. The van der Waals surface area contributed by atoms with Crippen LogP contribution in [0.4, 0.5) is 0 Å². The molecule has 148 valence electrons. The fourth-order valence-electron chi connectivity index (χ4n) is 3.69. The van der Waals surface area contributed by atoms with E-state index in [2.05, 4.69) is 31.5 Å². The van der Waals surface area contributed by atoms with Crippen molar-refractivity contribution in [1.29, 1.82) is 5.26 Å². The summed E-state index contributed by atoms with van der Waals surface area (Å²) in [5, 5.41) is 19.8. The van der Waals surface area contributed by atoms with Crippen molar-refractivity contribution >= 4 is 5.91 Å². The Kier molecular flexibility index (Phi) is 6.39. The number of hydrogen-bond acceptors (Lipinski definition) is 6. The van der Waals surface area contributed by atoms with Crippen LogP contribution in [0.1, 0.15) is 35.1 Å². The number of H-pyrrole nitrogens is 1. The minimum Gasteiger partial charge on any atom is -0.350 e. The van der Waals surface area contributed by atoms with Crippen LogP contribution < -0.4 is 5.32 Å². The molecule has 1 amide bonds. The second kappa shape index (κ2) is 8.95. The summed E-state index contributed by atoms with van der Waals surface area (Å²) in [6.07, 6.45) is 0.846. The number of aryl methyl sites for hydroxylation is 1. The van der Waals surface area contributed by atoms with E-state index >= 15 is 0 Å². The molecule has 28 heavy (non-hydrogen) atoms. The van der Waals surface area contributed by atoms with Crippen LogP contribution in [-0.2, 0) is 11.3 Å². The van der Waals surface area contributed by atoms with Gasteiger partial charge in [-0.1, -0.05) is 18.2 Å². The predicted octanol–water partition coefficient (Wildman–Crippen LogP) is 1.02. The molecule has 0 radical (unpaired) electrons. The highest BCUT2D eigenvalue weighted by Gasteiger charge is 2.34. The zero-order valence-corrected chi connectivity index (χ0v) is 16.6. The summed E-state index contributed by atoms with van der Waals surface area (Å²) < 4.78 is 0. The van der Waals surface area contributed by atoms with E-state index in [-0.39, 0.29) is 17.9 Å². The van der Waals surface area contributed by atoms with Crippen LogP contribution in [0.15, 0.2) is 24.3 Å². The van der Waals surface area contributed by atoms with E-state index in [1.165, 1.54) is 0 Å². The van der Waals surface area contributed by atoms with Crippen LogP contribution in [0.25, 0.3) is 0 Å². The number of likely N-dealkylation sites (N-methyl/N-ethyl adjacent to an activating group) is 1. The Morgan fingerprint density at radius 1 is 1.43 bits per heavy atom. The van der Waals surface area contributed by atoms with Crippen LogP contribution in [0.2, 0.25) is 0 Å². The van der Waals surface area contributed by atoms with Crippen LogP contribution in [0, 0.1) is 18.3 Å². The number of nitrogens with zero attached hydrogens (tertiary/aromatic N) is 5. The molecular weight excluding hydrogens is 354 g/mol. The summed E-state index contributed by atoms with van der Waals surface area (Å²) in [6, 6.07) is 9.85. The first-order valence-corrected chi connectivity index (χ1v) is 9.49. The van der Waals surface area contributed by atoms with Gasteiger partial charge < -0.3 is 10.2 Å². The lowest BCUT2D eigenvalue weighted by Crippen LogP contribution is -2.53. The average molecular weight is 381 g/mol. The molecule has 1 aliphatic rings. The van der Waals surface area contributed by atoms with E-state index < -0.39 is 0 Å². The number of piperidine rings is 1. The molecule has 1 aromatic carbocycles. The van der Waals surface area contributed by atoms with Crippen LogP contribution in [-0.4, -0.2) is 70.7 Å². The zero-order chi connectivity index (χ0) is 20.1. The van der Waals surface area contributed by atoms with Gasteiger partial charge in [-0.3, -0.25) is 14.8 Å². The number of hydrogen-bond donors (Lipinski definition) is 2. The Hall–Kier alpha value is -2.76. The van der Waals surface area contributed by atoms with E-state index in [0.717, 1.165) is 30.2 Å². The molecule has 0 bridgehead atoms. The lowest BCUT2D eigenvalue weighted by Gasteiger charge is -2.38. The van der Waals surface area contributed by atoms with Crippen molar-refractivity contribution in [1.82, 2.24) is 30.3 Å². The van der Waals surface area contributed by atoms with Crippen LogP contribution in [0.3, 0.4) is 0 Å². The van der Waals surface area contributed by atoms with Gasteiger partial charge >= 0.3 is 0 Å². The third-order valence-corrected chi connectivity index (χ3v) is 4.98. The summed E-state index contributed by atoms with van der Waals surface area (Å²) in [5.74, 6) is 1.59. The van der Waals surface area contributed by atoms with Gasteiger partial charge in [0.2, 0.25) is 5.91 Å². The van der Waals surface area contributed by atoms with Gasteiger partial charge in [-0.05, 0) is 45.6 Å². The topological polar surface area (TPSA) is 101 Å². The van der Waals surface area contributed by atoms with Crippen molar-refractivity contribution in [2.24, 2.45) is 0 Å². The number of carbonyl (C=O) groups is 1. The van der Waals surface area contributed by atoms with Crippen molar-refractivity contribution in [2.45, 2.75) is 31.8 Å². The highest BCUT2D eigenvalue weighted by molar-refractivity contribution is 5.78. The molecule has 0 spiro atoms. The lowest BCUT2D eigenvalue weighted by atomic mass is 9.90. The number of amides is 1. The van der Waals surface area contributed by atoms with Gasteiger partial charge in [0.15, 0.2) is 5.82 Å². The molecule has 2 atom stereocenters. The molecule has 3 rings (SSSR count). The first kappa shape index (κ1) is 20.0. The molecule has 1 aliphatic heterocycles. The number of aromatic amines is 1. The van der Waals surface area contributed by atoms with Gasteiger partial charge in [-0.2, -0.15) is 10.4 Å². The van der Waals surface area contributed by atoms with E-state index in [4.69, 9.17) is 0 Å². The van der Waals surface area contributed by atoms with E-state index in [0.29, 0.717) is 25.2 Å².